The molecule has 116 valence electrons. The lowest BCUT2D eigenvalue weighted by molar-refractivity contribution is -0.148. The van der Waals surface area contributed by atoms with E-state index in [-0.39, 0.29) is 19.6 Å². The van der Waals surface area contributed by atoms with Crippen molar-refractivity contribution >= 4 is 5.97 Å². The summed E-state index contributed by atoms with van der Waals surface area (Å²) in [5, 5.41) is 9.92. The maximum atomic E-state index is 11.8. The Hall–Kier alpha value is -1.97. The van der Waals surface area contributed by atoms with E-state index in [4.69, 9.17) is 10.9 Å². The normalized spacial score (nSPS) is 25.6. The van der Waals surface area contributed by atoms with Crippen molar-refractivity contribution in [1.29, 1.82) is 0 Å². The maximum absolute atomic E-state index is 11.8. The summed E-state index contributed by atoms with van der Waals surface area (Å²) in [6.07, 6.45) is -0.961. The van der Waals surface area contributed by atoms with E-state index in [1.165, 1.54) is 10.8 Å². The molecule has 9 heteroatoms. The number of aliphatic hydroxyl groups excluding tert-OH is 1. The minimum absolute atomic E-state index is 0.129. The van der Waals surface area contributed by atoms with Crippen LogP contribution in [0.25, 0.3) is 0 Å². The zero-order valence-corrected chi connectivity index (χ0v) is 11.4. The van der Waals surface area contributed by atoms with E-state index < -0.39 is 35.7 Å². The first-order valence-corrected chi connectivity index (χ1v) is 6.38. The van der Waals surface area contributed by atoms with Crippen LogP contribution in [0.5, 0.6) is 0 Å². The number of nitrogens with zero attached hydrogens (tertiary/aromatic N) is 1. The number of carbonyl (C=O) groups excluding carboxylic acids is 1. The molecule has 2 rings (SSSR count). The minimum atomic E-state index is -0.916. The van der Waals surface area contributed by atoms with Crippen LogP contribution >= 0.6 is 0 Å². The molecular weight excluding hydrogens is 282 g/mol. The van der Waals surface area contributed by atoms with Gasteiger partial charge in [-0.25, -0.2) is 4.79 Å². The Morgan fingerprint density at radius 2 is 2.48 bits per heavy atom. The van der Waals surface area contributed by atoms with E-state index in [0.29, 0.717) is 5.56 Å². The van der Waals surface area contributed by atoms with Crippen LogP contribution in [0.4, 0.5) is 0 Å². The third-order valence-electron chi connectivity index (χ3n) is 3.21. The number of esters is 1. The van der Waals surface area contributed by atoms with Crippen molar-refractivity contribution in [2.45, 2.75) is 31.8 Å². The van der Waals surface area contributed by atoms with Gasteiger partial charge in [0.05, 0.1) is 12.6 Å². The van der Waals surface area contributed by atoms with Gasteiger partial charge in [-0.05, 0) is 6.92 Å². The van der Waals surface area contributed by atoms with E-state index in [0.717, 1.165) is 0 Å². The molecule has 1 aromatic rings. The number of nitrogens with one attached hydrogen (secondary N) is 1. The van der Waals surface area contributed by atoms with Gasteiger partial charge < -0.3 is 20.3 Å². The zero-order chi connectivity index (χ0) is 16.3. The first kappa shape index (κ1) is 14.0. The fraction of sp³-hybridized carbons (Fsp3) is 0.583. The third kappa shape index (κ3) is 3.38. The Morgan fingerprint density at radius 3 is 3.19 bits per heavy atom. The van der Waals surface area contributed by atoms with Crippen LogP contribution in [0.2, 0.25) is 1.41 Å². The van der Waals surface area contributed by atoms with E-state index in [1.54, 1.807) is 6.92 Å². The molecule has 21 heavy (non-hydrogen) atoms. The van der Waals surface area contributed by atoms with E-state index in [2.05, 4.69) is 4.98 Å². The number of hydrogen-bond donors (Lipinski definition) is 3. The molecular formula is C12H17N3O6. The average Bonchev–Trinajstić information content (AvgIpc) is 2.82. The molecule has 0 unspecified atom stereocenters. The molecule has 9 nitrogen and oxygen atoms in total. The van der Waals surface area contributed by atoms with E-state index in [1.807, 2.05) is 5.73 Å². The Balaban J connectivity index is 2.04. The summed E-state index contributed by atoms with van der Waals surface area (Å²) in [5.74, 6) is -0.647. The van der Waals surface area contributed by atoms with Gasteiger partial charge in [-0.1, -0.05) is 0 Å². The van der Waals surface area contributed by atoms with E-state index >= 15 is 0 Å². The quantitative estimate of drug-likeness (QED) is 0.535. The fourth-order valence-electron chi connectivity index (χ4n) is 2.06. The summed E-state index contributed by atoms with van der Waals surface area (Å²) in [4.78, 5) is 36.4. The highest BCUT2D eigenvalue weighted by Crippen LogP contribution is 2.27. The highest BCUT2D eigenvalue weighted by Gasteiger charge is 2.36. The van der Waals surface area contributed by atoms with Gasteiger partial charge in [0.25, 0.3) is 5.56 Å². The molecule has 0 saturated carbocycles. The van der Waals surface area contributed by atoms with Gasteiger partial charge >= 0.3 is 11.7 Å². The molecule has 1 aliphatic heterocycles. The molecule has 0 aliphatic carbocycles. The number of rotatable bonds is 5. The fourth-order valence-corrected chi connectivity index (χ4v) is 2.06. The van der Waals surface area contributed by atoms with E-state index in [9.17, 15) is 19.5 Å². The lowest BCUT2D eigenvalue weighted by Crippen LogP contribution is -2.33. The van der Waals surface area contributed by atoms with Crippen molar-refractivity contribution in [3.63, 3.8) is 0 Å². The Labute approximate surface area is 120 Å². The summed E-state index contributed by atoms with van der Waals surface area (Å²) < 4.78 is 18.2. The van der Waals surface area contributed by atoms with Gasteiger partial charge in [-0.2, -0.15) is 0 Å². The second-order valence-corrected chi connectivity index (χ2v) is 4.77. The van der Waals surface area contributed by atoms with Crippen molar-refractivity contribution in [3.8, 4) is 0 Å². The van der Waals surface area contributed by atoms with Crippen molar-refractivity contribution in [3.05, 3.63) is 32.6 Å². The molecule has 4 N–H and O–H groups in total. The molecule has 1 aromatic heterocycles. The van der Waals surface area contributed by atoms with Crippen molar-refractivity contribution < 1.29 is 20.8 Å². The summed E-state index contributed by atoms with van der Waals surface area (Å²) in [7, 11) is 0. The number of aliphatic hydroxyl groups is 1. The predicted molar refractivity (Wildman–Crippen MR) is 70.6 cm³/mol. The number of carbonyl (C=O) groups is 1. The molecule has 0 aromatic carbocycles. The summed E-state index contributed by atoms with van der Waals surface area (Å²) in [5.41, 5.74) is 1.13. The second-order valence-electron chi connectivity index (χ2n) is 4.77. The number of aryl methyl sites for hydroxylation is 1. The highest BCUT2D eigenvalue weighted by atomic mass is 16.6. The van der Waals surface area contributed by atoms with Crippen LogP contribution < -0.4 is 17.0 Å². The lowest BCUT2D eigenvalue weighted by Gasteiger charge is -2.16. The summed E-state index contributed by atoms with van der Waals surface area (Å²) >= 11 is 0. The standard InChI is InChI=1S/C12H17N3O6/c1-6-4-15(12(19)14-11(6)18)9-2-7(16)8(21-9)5-20-10(17)3-13/h4,7-9,16H,2-3,5,13H2,1H3,(H,14,18,19)/t7-,8-,9-/m1/s1/i/hD. The number of ether oxygens (including phenoxy) is 2. The SMILES string of the molecule is [2H]NCC(=O)OC[C@H]1O[C@@H](n2cc(C)c(=O)[nH]c2=O)C[C@H]1O. The maximum Gasteiger partial charge on any atom is 0.330 e. The van der Waals surface area contributed by atoms with Crippen molar-refractivity contribution in [2.24, 2.45) is 5.73 Å². The topological polar surface area (TPSA) is 137 Å². The monoisotopic (exact) mass is 300 g/mol. The number of aromatic nitrogens is 2. The van der Waals surface area contributed by atoms with Gasteiger partial charge in [0, 0.05) is 18.2 Å². The Morgan fingerprint density at radius 1 is 1.71 bits per heavy atom. The molecule has 2 heterocycles. The molecule has 0 spiro atoms. The molecule has 0 bridgehead atoms. The summed E-state index contributed by atoms with van der Waals surface area (Å²) in [6, 6.07) is 0. The van der Waals surface area contributed by atoms with Crippen LogP contribution in [0.3, 0.4) is 0 Å². The molecule has 1 fully saturated rings. The highest BCUT2D eigenvalue weighted by molar-refractivity contribution is 5.71. The first-order chi connectivity index (χ1) is 10.4. The predicted octanol–water partition coefficient (Wildman–Crippen LogP) is -2.00. The summed E-state index contributed by atoms with van der Waals surface area (Å²) in [6.45, 7) is 1.09. The third-order valence-corrected chi connectivity index (χ3v) is 3.21. The second kappa shape index (κ2) is 6.20. The molecule has 1 aliphatic rings. The van der Waals surface area contributed by atoms with Crippen LogP contribution in [-0.2, 0) is 14.3 Å². The number of nitrogens with two attached hydrogens (primary N) is 1. The van der Waals surface area contributed by atoms with Crippen molar-refractivity contribution in [2.75, 3.05) is 13.2 Å². The van der Waals surface area contributed by atoms with Gasteiger partial charge in [0.1, 0.15) is 20.4 Å². The Kier molecular flexibility index (Phi) is 4.13. The van der Waals surface area contributed by atoms with Crippen molar-refractivity contribution in [1.82, 2.24) is 9.55 Å². The largest absolute Gasteiger partial charge is 0.462 e. The van der Waals surface area contributed by atoms with Gasteiger partial charge in [0.15, 0.2) is 0 Å². The average molecular weight is 300 g/mol. The smallest absolute Gasteiger partial charge is 0.330 e. The zero-order valence-electron chi connectivity index (χ0n) is 12.4. The number of H-pyrrole nitrogens is 1. The molecule has 0 amide bonds. The first-order valence-electron chi connectivity index (χ1n) is 6.88. The molecule has 3 atom stereocenters. The van der Waals surface area contributed by atoms with Crippen LogP contribution in [0.15, 0.2) is 15.8 Å². The number of hydrogen-bond acceptors (Lipinski definition) is 7. The van der Waals surface area contributed by atoms with Gasteiger partial charge in [0.2, 0.25) is 0 Å². The van der Waals surface area contributed by atoms with Crippen LogP contribution in [0, 0.1) is 6.92 Å². The van der Waals surface area contributed by atoms with Gasteiger partial charge in [-0.15, -0.1) is 0 Å². The number of aromatic amines is 1. The molecule has 0 radical (unpaired) electrons. The minimum Gasteiger partial charge on any atom is -0.462 e. The van der Waals surface area contributed by atoms with Gasteiger partial charge in [-0.3, -0.25) is 19.1 Å². The van der Waals surface area contributed by atoms with Crippen LogP contribution in [0.1, 0.15) is 18.2 Å². The van der Waals surface area contributed by atoms with Crippen LogP contribution in [-0.4, -0.2) is 46.0 Å². The lowest BCUT2D eigenvalue weighted by atomic mass is 10.2. The Bertz CT molecular complexity index is 657. The molecule has 1 saturated heterocycles.